The molecule has 0 aliphatic carbocycles. The lowest BCUT2D eigenvalue weighted by molar-refractivity contribution is 0.778. The van der Waals surface area contributed by atoms with Gasteiger partial charge in [-0.05, 0) is 35.8 Å². The van der Waals surface area contributed by atoms with E-state index in [2.05, 4.69) is 36.5 Å². The molecule has 1 fully saturated rings. The van der Waals surface area contributed by atoms with Crippen molar-refractivity contribution in [1.29, 1.82) is 0 Å². The van der Waals surface area contributed by atoms with Crippen LogP contribution in [0.25, 0.3) is 0 Å². The van der Waals surface area contributed by atoms with Gasteiger partial charge in [-0.15, -0.1) is 0 Å². The van der Waals surface area contributed by atoms with Crippen LogP contribution >= 0.6 is 15.9 Å². The van der Waals surface area contributed by atoms with Gasteiger partial charge in [-0.25, -0.2) is 9.97 Å². The summed E-state index contributed by atoms with van der Waals surface area (Å²) in [5.74, 6) is 0.722. The molecule has 14 heavy (non-hydrogen) atoms. The summed E-state index contributed by atoms with van der Waals surface area (Å²) in [4.78, 5) is 8.55. The predicted molar refractivity (Wildman–Crippen MR) is 59.4 cm³/mol. The Hall–Kier alpha value is -0.680. The fourth-order valence-corrected chi connectivity index (χ4v) is 1.67. The number of hydrogen-bond acceptors (Lipinski definition) is 4. The molecule has 5 heteroatoms. The lowest BCUT2D eigenvalue weighted by Gasteiger charge is -2.11. The maximum absolute atomic E-state index is 4.34. The molecule has 2 heterocycles. The Morgan fingerprint density at radius 2 is 2.50 bits per heavy atom. The summed E-state index contributed by atoms with van der Waals surface area (Å²) in [7, 11) is 0. The molecular weight excluding hydrogens is 244 g/mol. The molecule has 0 bridgehead atoms. The Kier molecular flexibility index (Phi) is 2.98. The molecular formula is C9H13BrN4. The maximum Gasteiger partial charge on any atom is 0.223 e. The third kappa shape index (κ3) is 2.22. The highest BCUT2D eigenvalue weighted by atomic mass is 79.9. The van der Waals surface area contributed by atoms with Crippen molar-refractivity contribution < 1.29 is 0 Å². The average molecular weight is 257 g/mol. The van der Waals surface area contributed by atoms with Gasteiger partial charge in [-0.2, -0.15) is 0 Å². The van der Waals surface area contributed by atoms with Crippen LogP contribution in [0, 0.1) is 6.92 Å². The molecule has 0 spiro atoms. The number of halogens is 1. The van der Waals surface area contributed by atoms with Gasteiger partial charge < -0.3 is 10.6 Å². The molecule has 1 atom stereocenters. The highest BCUT2D eigenvalue weighted by Gasteiger charge is 2.14. The van der Waals surface area contributed by atoms with Crippen LogP contribution < -0.4 is 10.6 Å². The maximum atomic E-state index is 4.34. The van der Waals surface area contributed by atoms with Crippen molar-refractivity contribution in [1.82, 2.24) is 15.3 Å². The predicted octanol–water partition coefficient (Wildman–Crippen LogP) is 1.32. The SMILES string of the molecule is Cc1nc(NC2CCNC2)ncc1Br. The van der Waals surface area contributed by atoms with Gasteiger partial charge in [0.2, 0.25) is 5.95 Å². The van der Waals surface area contributed by atoms with Gasteiger partial charge >= 0.3 is 0 Å². The standard InChI is InChI=1S/C9H13BrN4/c1-6-8(10)5-12-9(13-6)14-7-2-3-11-4-7/h5,7,11H,2-4H2,1H3,(H,12,13,14). The molecule has 1 aliphatic rings. The summed E-state index contributed by atoms with van der Waals surface area (Å²) in [6, 6.07) is 0.468. The third-order valence-corrected chi connectivity index (χ3v) is 3.09. The molecule has 2 rings (SSSR count). The van der Waals surface area contributed by atoms with E-state index in [1.807, 2.05) is 6.92 Å². The Morgan fingerprint density at radius 3 is 3.14 bits per heavy atom. The van der Waals surface area contributed by atoms with Crippen molar-refractivity contribution in [2.75, 3.05) is 18.4 Å². The van der Waals surface area contributed by atoms with Crippen LogP contribution in [0.2, 0.25) is 0 Å². The van der Waals surface area contributed by atoms with Crippen LogP contribution in [0.4, 0.5) is 5.95 Å². The summed E-state index contributed by atoms with van der Waals surface area (Å²) in [6.45, 7) is 4.04. The topological polar surface area (TPSA) is 49.8 Å². The Morgan fingerprint density at radius 1 is 1.64 bits per heavy atom. The highest BCUT2D eigenvalue weighted by molar-refractivity contribution is 9.10. The number of nitrogens with one attached hydrogen (secondary N) is 2. The lowest BCUT2D eigenvalue weighted by atomic mass is 10.3. The first-order valence-corrected chi connectivity index (χ1v) is 5.51. The van der Waals surface area contributed by atoms with Gasteiger partial charge in [-0.3, -0.25) is 0 Å². The Labute approximate surface area is 91.7 Å². The molecule has 1 aromatic rings. The van der Waals surface area contributed by atoms with Crippen LogP contribution in [-0.4, -0.2) is 29.1 Å². The second-order valence-corrected chi connectivity index (χ2v) is 4.32. The second kappa shape index (κ2) is 4.23. The molecule has 76 valence electrons. The van der Waals surface area contributed by atoms with Crippen molar-refractivity contribution in [2.24, 2.45) is 0 Å². The third-order valence-electron chi connectivity index (χ3n) is 2.31. The molecule has 1 saturated heterocycles. The van der Waals surface area contributed by atoms with Crippen LogP contribution in [0.15, 0.2) is 10.7 Å². The van der Waals surface area contributed by atoms with Gasteiger partial charge in [0.05, 0.1) is 10.2 Å². The summed E-state index contributed by atoms with van der Waals surface area (Å²) in [5.41, 5.74) is 0.966. The molecule has 0 amide bonds. The molecule has 0 aromatic carbocycles. The first kappa shape index (κ1) is 9.86. The normalized spacial score (nSPS) is 21.1. The number of nitrogens with zero attached hydrogens (tertiary/aromatic N) is 2. The van der Waals surface area contributed by atoms with Crippen molar-refractivity contribution in [3.63, 3.8) is 0 Å². The van der Waals surface area contributed by atoms with E-state index in [1.165, 1.54) is 0 Å². The molecule has 2 N–H and O–H groups in total. The molecule has 0 radical (unpaired) electrons. The van der Waals surface area contributed by atoms with E-state index in [0.29, 0.717) is 6.04 Å². The van der Waals surface area contributed by atoms with Crippen molar-refractivity contribution in [3.8, 4) is 0 Å². The fraction of sp³-hybridized carbons (Fsp3) is 0.556. The fourth-order valence-electron chi connectivity index (χ4n) is 1.48. The van der Waals surface area contributed by atoms with E-state index in [0.717, 1.165) is 35.6 Å². The monoisotopic (exact) mass is 256 g/mol. The van der Waals surface area contributed by atoms with Gasteiger partial charge in [0.15, 0.2) is 0 Å². The summed E-state index contributed by atoms with van der Waals surface area (Å²) in [5, 5.41) is 6.59. The quantitative estimate of drug-likeness (QED) is 0.839. The summed E-state index contributed by atoms with van der Waals surface area (Å²) >= 11 is 3.38. The first-order chi connectivity index (χ1) is 6.75. The molecule has 1 aliphatic heterocycles. The van der Waals surface area contributed by atoms with E-state index in [-0.39, 0.29) is 0 Å². The zero-order valence-corrected chi connectivity index (χ0v) is 9.63. The Balaban J connectivity index is 2.05. The molecule has 4 nitrogen and oxygen atoms in total. The van der Waals surface area contributed by atoms with E-state index in [4.69, 9.17) is 0 Å². The summed E-state index contributed by atoms with van der Waals surface area (Å²) < 4.78 is 0.951. The molecule has 1 aromatic heterocycles. The smallest absolute Gasteiger partial charge is 0.223 e. The first-order valence-electron chi connectivity index (χ1n) is 4.72. The number of rotatable bonds is 2. The lowest BCUT2D eigenvalue weighted by Crippen LogP contribution is -2.23. The van der Waals surface area contributed by atoms with Gasteiger partial charge in [0.1, 0.15) is 0 Å². The summed E-state index contributed by atoms with van der Waals surface area (Å²) in [6.07, 6.45) is 2.92. The van der Waals surface area contributed by atoms with Gasteiger partial charge in [0.25, 0.3) is 0 Å². The van der Waals surface area contributed by atoms with Gasteiger partial charge in [-0.1, -0.05) is 0 Å². The van der Waals surface area contributed by atoms with Crippen LogP contribution in [-0.2, 0) is 0 Å². The van der Waals surface area contributed by atoms with Crippen LogP contribution in [0.5, 0.6) is 0 Å². The second-order valence-electron chi connectivity index (χ2n) is 3.46. The minimum Gasteiger partial charge on any atom is -0.350 e. The average Bonchev–Trinajstić information content (AvgIpc) is 2.64. The zero-order chi connectivity index (χ0) is 9.97. The van der Waals surface area contributed by atoms with Crippen molar-refractivity contribution in [3.05, 3.63) is 16.4 Å². The van der Waals surface area contributed by atoms with E-state index in [1.54, 1.807) is 6.20 Å². The van der Waals surface area contributed by atoms with Crippen LogP contribution in [0.3, 0.4) is 0 Å². The minimum absolute atomic E-state index is 0.468. The number of aromatic nitrogens is 2. The van der Waals surface area contributed by atoms with Crippen molar-refractivity contribution in [2.45, 2.75) is 19.4 Å². The largest absolute Gasteiger partial charge is 0.350 e. The minimum atomic E-state index is 0.468. The molecule has 0 saturated carbocycles. The number of aryl methyl sites for hydroxylation is 1. The van der Waals surface area contributed by atoms with E-state index < -0.39 is 0 Å². The van der Waals surface area contributed by atoms with E-state index in [9.17, 15) is 0 Å². The highest BCUT2D eigenvalue weighted by Crippen LogP contribution is 2.14. The van der Waals surface area contributed by atoms with E-state index >= 15 is 0 Å². The number of hydrogen-bond donors (Lipinski definition) is 2. The van der Waals surface area contributed by atoms with Gasteiger partial charge in [0, 0.05) is 18.8 Å². The molecule has 1 unspecified atom stereocenters. The van der Waals surface area contributed by atoms with Crippen LogP contribution in [0.1, 0.15) is 12.1 Å². The number of anilines is 1. The Bertz CT molecular complexity index is 323. The zero-order valence-electron chi connectivity index (χ0n) is 8.05. The van der Waals surface area contributed by atoms with Crippen molar-refractivity contribution >= 4 is 21.9 Å².